The molecule has 2 aliphatic heterocycles. The molecule has 3 aliphatic rings. The standard InChI is InChI=1S/C25H25NO5S/c1-3-8-29-25(28)22-14(2)26-17-10-16(21-5-4-9-32-21)11-18(27)24(17)23(22)15-6-7-19-20(12-15)31-13-30-19/h4-7,9,12,16,23,26H,3,8,10-11,13H2,1-2H3. The van der Waals surface area contributed by atoms with E-state index in [0.717, 1.165) is 29.8 Å². The SMILES string of the molecule is CCCOC(=O)C1=C(C)NC2=C(C(=O)CC(c3cccs3)C2)C1c1ccc2c(c1)OCO2. The van der Waals surface area contributed by atoms with Crippen molar-refractivity contribution in [2.24, 2.45) is 0 Å². The van der Waals surface area contributed by atoms with E-state index < -0.39 is 5.92 Å². The molecule has 5 rings (SSSR count). The predicted octanol–water partition coefficient (Wildman–Crippen LogP) is 4.79. The van der Waals surface area contributed by atoms with Crippen LogP contribution < -0.4 is 14.8 Å². The minimum atomic E-state index is -0.498. The number of Topliss-reactive ketones (excluding diaryl/α,β-unsaturated/α-hetero) is 1. The summed E-state index contributed by atoms with van der Waals surface area (Å²) in [4.78, 5) is 27.8. The maximum Gasteiger partial charge on any atom is 0.336 e. The van der Waals surface area contributed by atoms with Crippen molar-refractivity contribution in [1.29, 1.82) is 0 Å². The van der Waals surface area contributed by atoms with Crippen molar-refractivity contribution >= 4 is 23.1 Å². The number of hydrogen-bond donors (Lipinski definition) is 1. The highest BCUT2D eigenvalue weighted by Gasteiger charge is 2.42. The first-order chi connectivity index (χ1) is 15.6. The number of benzene rings is 1. The van der Waals surface area contributed by atoms with Crippen molar-refractivity contribution < 1.29 is 23.8 Å². The largest absolute Gasteiger partial charge is 0.462 e. The molecule has 0 radical (unpaired) electrons. The Balaban J connectivity index is 1.59. The van der Waals surface area contributed by atoms with Crippen molar-refractivity contribution in [2.45, 2.75) is 44.9 Å². The second-order valence-electron chi connectivity index (χ2n) is 8.28. The van der Waals surface area contributed by atoms with Crippen molar-refractivity contribution in [1.82, 2.24) is 5.32 Å². The lowest BCUT2D eigenvalue weighted by molar-refractivity contribution is -0.139. The zero-order valence-electron chi connectivity index (χ0n) is 18.1. The lowest BCUT2D eigenvalue weighted by atomic mass is 9.72. The van der Waals surface area contributed by atoms with Crippen LogP contribution in [-0.4, -0.2) is 25.2 Å². The maximum atomic E-state index is 13.5. The summed E-state index contributed by atoms with van der Waals surface area (Å²) in [6.07, 6.45) is 1.89. The van der Waals surface area contributed by atoms with Crippen molar-refractivity contribution in [3.63, 3.8) is 0 Å². The van der Waals surface area contributed by atoms with Gasteiger partial charge in [0.2, 0.25) is 6.79 Å². The fourth-order valence-electron chi connectivity index (χ4n) is 4.73. The maximum absolute atomic E-state index is 13.5. The smallest absolute Gasteiger partial charge is 0.336 e. The van der Waals surface area contributed by atoms with E-state index in [4.69, 9.17) is 14.2 Å². The molecule has 6 nitrogen and oxygen atoms in total. The van der Waals surface area contributed by atoms with Crippen LogP contribution in [0.5, 0.6) is 11.5 Å². The van der Waals surface area contributed by atoms with E-state index in [-0.39, 0.29) is 24.5 Å². The van der Waals surface area contributed by atoms with Gasteiger partial charge in [0.05, 0.1) is 12.2 Å². The van der Waals surface area contributed by atoms with E-state index in [2.05, 4.69) is 11.4 Å². The summed E-state index contributed by atoms with van der Waals surface area (Å²) in [5.41, 5.74) is 3.60. The molecule has 0 fully saturated rings. The van der Waals surface area contributed by atoms with Gasteiger partial charge in [-0.25, -0.2) is 4.79 Å². The van der Waals surface area contributed by atoms with E-state index >= 15 is 0 Å². The van der Waals surface area contributed by atoms with Gasteiger partial charge in [-0.05, 0) is 48.9 Å². The van der Waals surface area contributed by atoms with Gasteiger partial charge in [0.25, 0.3) is 0 Å². The third-order valence-corrected chi connectivity index (χ3v) is 7.20. The van der Waals surface area contributed by atoms with Crippen LogP contribution in [0.1, 0.15) is 55.4 Å². The lowest BCUT2D eigenvalue weighted by Crippen LogP contribution is -2.36. The van der Waals surface area contributed by atoms with Crippen LogP contribution in [0.3, 0.4) is 0 Å². The third kappa shape index (κ3) is 3.60. The highest BCUT2D eigenvalue weighted by Crippen LogP contribution is 2.47. The van der Waals surface area contributed by atoms with Crippen molar-refractivity contribution in [2.75, 3.05) is 13.4 Å². The van der Waals surface area contributed by atoms with Gasteiger partial charge in [-0.1, -0.05) is 19.1 Å². The fraction of sp³-hybridized carbons (Fsp3) is 0.360. The zero-order chi connectivity index (χ0) is 22.2. The van der Waals surface area contributed by atoms with Gasteiger partial charge in [0.15, 0.2) is 17.3 Å². The minimum Gasteiger partial charge on any atom is -0.462 e. The molecule has 0 bridgehead atoms. The Morgan fingerprint density at radius 2 is 2.06 bits per heavy atom. The Morgan fingerprint density at radius 3 is 2.84 bits per heavy atom. The number of thiophene rings is 1. The van der Waals surface area contributed by atoms with Gasteiger partial charge in [0.1, 0.15) is 0 Å². The third-order valence-electron chi connectivity index (χ3n) is 6.16. The molecule has 2 unspecified atom stereocenters. The summed E-state index contributed by atoms with van der Waals surface area (Å²) >= 11 is 1.68. The molecule has 2 aromatic rings. The molecule has 32 heavy (non-hydrogen) atoms. The number of ether oxygens (including phenoxy) is 3. The quantitative estimate of drug-likeness (QED) is 0.659. The average Bonchev–Trinajstić information content (AvgIpc) is 3.47. The Hall–Kier alpha value is -3.06. The van der Waals surface area contributed by atoms with E-state index in [0.29, 0.717) is 35.7 Å². The highest BCUT2D eigenvalue weighted by atomic mass is 32.1. The summed E-state index contributed by atoms with van der Waals surface area (Å²) in [6, 6.07) is 9.73. The Bertz CT molecular complexity index is 1130. The summed E-state index contributed by atoms with van der Waals surface area (Å²) in [5.74, 6) is 0.615. The fourth-order valence-corrected chi connectivity index (χ4v) is 5.56. The van der Waals surface area contributed by atoms with Crippen LogP contribution in [-0.2, 0) is 14.3 Å². The minimum absolute atomic E-state index is 0.0631. The summed E-state index contributed by atoms with van der Waals surface area (Å²) in [7, 11) is 0. The van der Waals surface area contributed by atoms with Crippen molar-refractivity contribution in [3.8, 4) is 11.5 Å². The topological polar surface area (TPSA) is 73.9 Å². The normalized spacial score (nSPS) is 22.0. The molecular weight excluding hydrogens is 426 g/mol. The zero-order valence-corrected chi connectivity index (χ0v) is 18.9. The molecule has 0 saturated carbocycles. The number of carbonyl (C=O) groups is 2. The molecule has 0 spiro atoms. The second-order valence-corrected chi connectivity index (χ2v) is 9.26. The van der Waals surface area contributed by atoms with E-state index in [1.807, 2.05) is 43.5 Å². The Morgan fingerprint density at radius 1 is 1.22 bits per heavy atom. The number of rotatable bonds is 5. The summed E-state index contributed by atoms with van der Waals surface area (Å²) in [6.45, 7) is 4.34. The van der Waals surface area contributed by atoms with Crippen LogP contribution >= 0.6 is 11.3 Å². The monoisotopic (exact) mass is 451 g/mol. The number of ketones is 1. The van der Waals surface area contributed by atoms with Crippen molar-refractivity contribution in [3.05, 3.63) is 68.7 Å². The average molecular weight is 452 g/mol. The van der Waals surface area contributed by atoms with Gasteiger partial charge in [-0.3, -0.25) is 4.79 Å². The van der Waals surface area contributed by atoms with Crippen LogP contribution in [0.15, 0.2) is 58.3 Å². The molecule has 1 aromatic carbocycles. The van der Waals surface area contributed by atoms with E-state index in [1.165, 1.54) is 4.88 Å². The molecule has 1 N–H and O–H groups in total. The van der Waals surface area contributed by atoms with Crippen LogP contribution in [0, 0.1) is 0 Å². The molecule has 3 heterocycles. The van der Waals surface area contributed by atoms with Crippen LogP contribution in [0.2, 0.25) is 0 Å². The van der Waals surface area contributed by atoms with Gasteiger partial charge in [-0.15, -0.1) is 11.3 Å². The number of fused-ring (bicyclic) bond motifs is 1. The first kappa shape index (κ1) is 20.8. The predicted molar refractivity (Wildman–Crippen MR) is 121 cm³/mol. The molecule has 2 atom stereocenters. The molecule has 0 amide bonds. The molecular formula is C25H25NO5S. The van der Waals surface area contributed by atoms with Crippen LogP contribution in [0.4, 0.5) is 0 Å². The van der Waals surface area contributed by atoms with Gasteiger partial charge < -0.3 is 19.5 Å². The van der Waals surface area contributed by atoms with Gasteiger partial charge in [-0.2, -0.15) is 0 Å². The Labute approximate surface area is 190 Å². The molecule has 1 aliphatic carbocycles. The molecule has 166 valence electrons. The first-order valence-electron chi connectivity index (χ1n) is 10.9. The van der Waals surface area contributed by atoms with E-state index in [1.54, 1.807) is 11.3 Å². The lowest BCUT2D eigenvalue weighted by Gasteiger charge is -2.36. The van der Waals surface area contributed by atoms with Gasteiger partial charge in [0, 0.05) is 40.1 Å². The molecule has 1 aromatic heterocycles. The number of nitrogens with one attached hydrogen (secondary N) is 1. The number of dihydropyridines is 1. The highest BCUT2D eigenvalue weighted by molar-refractivity contribution is 7.10. The number of allylic oxidation sites excluding steroid dienone is 3. The number of carbonyl (C=O) groups excluding carboxylic acids is 2. The number of hydrogen-bond acceptors (Lipinski definition) is 7. The first-order valence-corrected chi connectivity index (χ1v) is 11.8. The van der Waals surface area contributed by atoms with E-state index in [9.17, 15) is 9.59 Å². The van der Waals surface area contributed by atoms with Gasteiger partial charge >= 0.3 is 5.97 Å². The number of esters is 1. The van der Waals surface area contributed by atoms with Crippen LogP contribution in [0.25, 0.3) is 0 Å². The molecule has 7 heteroatoms. The summed E-state index contributed by atoms with van der Waals surface area (Å²) in [5, 5.41) is 5.43. The Kier molecular flexibility index (Phi) is 5.51. The summed E-state index contributed by atoms with van der Waals surface area (Å²) < 4.78 is 16.5. The second kappa shape index (κ2) is 8.47. The molecule has 0 saturated heterocycles.